The average molecular weight is 489 g/mol. The third kappa shape index (κ3) is 4.40. The normalized spacial score (nSPS) is 17.6. The number of benzene rings is 2. The number of furan rings is 1. The van der Waals surface area contributed by atoms with Crippen LogP contribution >= 0.6 is 24.0 Å². The van der Waals surface area contributed by atoms with Gasteiger partial charge in [0, 0.05) is 33.8 Å². The summed E-state index contributed by atoms with van der Waals surface area (Å²) in [5.74, 6) is 1.65. The van der Waals surface area contributed by atoms with E-state index in [1.54, 1.807) is 18.3 Å². The van der Waals surface area contributed by atoms with Crippen molar-refractivity contribution < 1.29 is 9.34 Å². The number of hydrogen-bond donors (Lipinski definition) is 1. The predicted molar refractivity (Wildman–Crippen MR) is 135 cm³/mol. The highest BCUT2D eigenvalue weighted by Gasteiger charge is 2.42. The lowest BCUT2D eigenvalue weighted by Crippen LogP contribution is -2.29. The van der Waals surface area contributed by atoms with Gasteiger partial charge in [0.05, 0.1) is 16.7 Å². The van der Waals surface area contributed by atoms with Crippen molar-refractivity contribution in [1.29, 1.82) is 0 Å². The Bertz CT molecular complexity index is 1320. The van der Waals surface area contributed by atoms with E-state index < -0.39 is 4.92 Å². The standard InChI is InChI=1S/C25H20N4O3S2/c1-16-5-14-22(32-16)24-23(21-4-2-3-15-26-21)27-25(33)28(24)17-6-10-19(11-7-17)34-20-12-8-18(9-13-20)29(30)31/h2-15,23-24H,1H3,(H,27,33)/t23-,24+/m0/s1. The summed E-state index contributed by atoms with van der Waals surface area (Å²) >= 11 is 7.28. The number of non-ortho nitro benzene ring substituents is 1. The lowest BCUT2D eigenvalue weighted by atomic mass is 10.0. The number of thiocarbonyl (C=S) groups is 1. The fourth-order valence-electron chi connectivity index (χ4n) is 3.98. The first-order chi connectivity index (χ1) is 16.5. The van der Waals surface area contributed by atoms with Gasteiger partial charge in [0.1, 0.15) is 17.6 Å². The van der Waals surface area contributed by atoms with Gasteiger partial charge in [-0.25, -0.2) is 0 Å². The number of nitrogens with zero attached hydrogens (tertiary/aromatic N) is 3. The number of aryl methyl sites for hydroxylation is 1. The van der Waals surface area contributed by atoms with Crippen molar-refractivity contribution in [3.05, 3.63) is 112 Å². The van der Waals surface area contributed by atoms with Crippen molar-refractivity contribution in [1.82, 2.24) is 10.3 Å². The largest absolute Gasteiger partial charge is 0.464 e. The second-order valence-corrected chi connectivity index (χ2v) is 9.33. The minimum absolute atomic E-state index is 0.0800. The molecule has 170 valence electrons. The van der Waals surface area contributed by atoms with Crippen molar-refractivity contribution in [3.63, 3.8) is 0 Å². The second kappa shape index (κ2) is 9.28. The Morgan fingerprint density at radius 1 is 1.03 bits per heavy atom. The number of nitrogens with one attached hydrogen (secondary N) is 1. The molecule has 0 unspecified atom stereocenters. The number of nitro benzene ring substituents is 1. The summed E-state index contributed by atoms with van der Waals surface area (Å²) in [4.78, 5) is 19.0. The van der Waals surface area contributed by atoms with Gasteiger partial charge in [0.2, 0.25) is 0 Å². The Kier molecular flexibility index (Phi) is 6.04. The van der Waals surface area contributed by atoms with Crippen LogP contribution in [-0.2, 0) is 0 Å². The Hall–Kier alpha value is -3.69. The van der Waals surface area contributed by atoms with Crippen LogP contribution in [0.25, 0.3) is 0 Å². The maximum absolute atomic E-state index is 10.9. The molecule has 2 aromatic carbocycles. The van der Waals surface area contributed by atoms with Crippen molar-refractivity contribution in [2.75, 3.05) is 4.90 Å². The van der Waals surface area contributed by atoms with Crippen LogP contribution in [0, 0.1) is 17.0 Å². The summed E-state index contributed by atoms with van der Waals surface area (Å²) < 4.78 is 6.03. The molecule has 2 atom stereocenters. The van der Waals surface area contributed by atoms with E-state index >= 15 is 0 Å². The molecule has 0 bridgehead atoms. The van der Waals surface area contributed by atoms with Crippen molar-refractivity contribution >= 4 is 40.5 Å². The van der Waals surface area contributed by atoms with E-state index in [4.69, 9.17) is 16.6 Å². The molecule has 3 heterocycles. The molecule has 0 aliphatic carbocycles. The average Bonchev–Trinajstić information content (AvgIpc) is 3.43. The van der Waals surface area contributed by atoms with Crippen LogP contribution in [0.1, 0.15) is 29.3 Å². The quantitative estimate of drug-likeness (QED) is 0.195. The highest BCUT2D eigenvalue weighted by molar-refractivity contribution is 7.99. The summed E-state index contributed by atoms with van der Waals surface area (Å²) in [6.45, 7) is 1.93. The molecule has 0 saturated carbocycles. The van der Waals surface area contributed by atoms with Crippen molar-refractivity contribution in [2.45, 2.75) is 28.8 Å². The predicted octanol–water partition coefficient (Wildman–Crippen LogP) is 6.22. The molecule has 2 aromatic heterocycles. The number of hydrogen-bond acceptors (Lipinski definition) is 6. The maximum Gasteiger partial charge on any atom is 0.269 e. The van der Waals surface area contributed by atoms with Gasteiger partial charge in [0.15, 0.2) is 5.11 Å². The Labute approximate surface area is 206 Å². The summed E-state index contributed by atoms with van der Waals surface area (Å²) in [6, 6.07) is 24.0. The minimum Gasteiger partial charge on any atom is -0.464 e. The van der Waals surface area contributed by atoms with Crippen LogP contribution < -0.4 is 10.2 Å². The molecule has 1 fully saturated rings. The third-order valence-electron chi connectivity index (χ3n) is 5.55. The molecule has 1 aliphatic rings. The van der Waals surface area contributed by atoms with Crippen LogP contribution in [0.2, 0.25) is 0 Å². The first-order valence-corrected chi connectivity index (χ1v) is 11.8. The molecule has 4 aromatic rings. The third-order valence-corrected chi connectivity index (χ3v) is 6.88. The van der Waals surface area contributed by atoms with Gasteiger partial charge < -0.3 is 14.6 Å². The van der Waals surface area contributed by atoms with Gasteiger partial charge in [-0.2, -0.15) is 0 Å². The van der Waals surface area contributed by atoms with Gasteiger partial charge >= 0.3 is 0 Å². The van der Waals surface area contributed by atoms with Crippen LogP contribution in [0.4, 0.5) is 11.4 Å². The van der Waals surface area contributed by atoms with Gasteiger partial charge in [-0.1, -0.05) is 17.8 Å². The van der Waals surface area contributed by atoms with E-state index in [0.717, 1.165) is 32.7 Å². The Balaban J connectivity index is 1.43. The molecule has 9 heteroatoms. The fraction of sp³-hybridized carbons (Fsp3) is 0.120. The van der Waals surface area contributed by atoms with Crippen LogP contribution in [0.15, 0.2) is 99.3 Å². The molecule has 34 heavy (non-hydrogen) atoms. The van der Waals surface area contributed by atoms with Gasteiger partial charge in [-0.3, -0.25) is 15.1 Å². The molecule has 0 amide bonds. The first-order valence-electron chi connectivity index (χ1n) is 10.6. The molecule has 1 saturated heterocycles. The zero-order valence-corrected chi connectivity index (χ0v) is 19.8. The number of nitro groups is 1. The van der Waals surface area contributed by atoms with E-state index in [2.05, 4.69) is 15.2 Å². The van der Waals surface area contributed by atoms with Crippen LogP contribution in [0.3, 0.4) is 0 Å². The lowest BCUT2D eigenvalue weighted by Gasteiger charge is -2.26. The zero-order chi connectivity index (χ0) is 23.7. The van der Waals surface area contributed by atoms with Crippen LogP contribution in [0.5, 0.6) is 0 Å². The van der Waals surface area contributed by atoms with Crippen LogP contribution in [-0.4, -0.2) is 15.0 Å². The zero-order valence-electron chi connectivity index (χ0n) is 18.1. The fourth-order valence-corrected chi connectivity index (χ4v) is 5.14. The molecule has 5 rings (SSSR count). The van der Waals surface area contributed by atoms with E-state index in [1.165, 1.54) is 23.9 Å². The topological polar surface area (TPSA) is 84.4 Å². The van der Waals surface area contributed by atoms with Crippen molar-refractivity contribution in [2.24, 2.45) is 0 Å². The summed E-state index contributed by atoms with van der Waals surface area (Å²) in [5, 5.41) is 14.9. The highest BCUT2D eigenvalue weighted by atomic mass is 32.2. The molecule has 1 aliphatic heterocycles. The SMILES string of the molecule is Cc1ccc([C@@H]2[C@H](c3ccccn3)NC(=S)N2c2ccc(Sc3ccc([N+](=O)[O-])cc3)cc2)o1. The first kappa shape index (κ1) is 22.1. The Morgan fingerprint density at radius 3 is 2.32 bits per heavy atom. The van der Waals surface area contributed by atoms with E-state index in [0.29, 0.717) is 5.11 Å². The van der Waals surface area contributed by atoms with Gasteiger partial charge in [-0.15, -0.1) is 0 Å². The highest BCUT2D eigenvalue weighted by Crippen LogP contribution is 2.42. The van der Waals surface area contributed by atoms with E-state index in [-0.39, 0.29) is 17.8 Å². The molecule has 0 spiro atoms. The Morgan fingerprint density at radius 2 is 1.74 bits per heavy atom. The number of aromatic nitrogens is 1. The molecule has 0 radical (unpaired) electrons. The van der Waals surface area contributed by atoms with E-state index in [9.17, 15) is 10.1 Å². The van der Waals surface area contributed by atoms with Crippen molar-refractivity contribution in [3.8, 4) is 0 Å². The molecular weight excluding hydrogens is 468 g/mol. The maximum atomic E-state index is 10.9. The smallest absolute Gasteiger partial charge is 0.269 e. The number of pyridine rings is 1. The summed E-state index contributed by atoms with van der Waals surface area (Å²) in [5.41, 5.74) is 1.90. The summed E-state index contributed by atoms with van der Waals surface area (Å²) in [6.07, 6.45) is 1.78. The number of anilines is 1. The molecule has 1 N–H and O–H groups in total. The molecular formula is C25H20N4O3S2. The minimum atomic E-state index is -0.397. The second-order valence-electron chi connectivity index (χ2n) is 7.79. The van der Waals surface area contributed by atoms with E-state index in [1.807, 2.05) is 61.5 Å². The lowest BCUT2D eigenvalue weighted by molar-refractivity contribution is -0.384. The van der Waals surface area contributed by atoms with Gasteiger partial charge in [-0.05, 0) is 79.8 Å². The number of rotatable bonds is 6. The monoisotopic (exact) mass is 488 g/mol. The van der Waals surface area contributed by atoms with Gasteiger partial charge in [0.25, 0.3) is 5.69 Å². The molecule has 7 nitrogen and oxygen atoms in total. The summed E-state index contributed by atoms with van der Waals surface area (Å²) in [7, 11) is 0.